The third kappa shape index (κ3) is 3.57. The van der Waals surface area contributed by atoms with Gasteiger partial charge in [0, 0.05) is 13.0 Å². The normalized spacial score (nSPS) is 14.3. The van der Waals surface area contributed by atoms with Crippen molar-refractivity contribution in [1.82, 2.24) is 10.2 Å². The summed E-state index contributed by atoms with van der Waals surface area (Å²) in [5.41, 5.74) is 1.09. The van der Waals surface area contributed by atoms with Gasteiger partial charge >= 0.3 is 12.0 Å². The molecule has 0 aromatic heterocycles. The first-order valence-corrected chi connectivity index (χ1v) is 6.42. The first-order chi connectivity index (χ1) is 9.56. The molecule has 1 N–H and O–H groups in total. The van der Waals surface area contributed by atoms with Crippen molar-refractivity contribution >= 4 is 17.9 Å². The number of nitrogens with one attached hydrogen (secondary N) is 1. The number of ether oxygens (including phenoxy) is 1. The van der Waals surface area contributed by atoms with Crippen molar-refractivity contribution in [2.75, 3.05) is 13.1 Å². The summed E-state index contributed by atoms with van der Waals surface area (Å²) < 4.78 is 5.14. The number of benzene rings is 1. The summed E-state index contributed by atoms with van der Waals surface area (Å²) in [4.78, 5) is 35.3. The van der Waals surface area contributed by atoms with Crippen molar-refractivity contribution in [2.45, 2.75) is 19.8 Å². The van der Waals surface area contributed by atoms with Gasteiger partial charge in [-0.15, -0.1) is 0 Å². The van der Waals surface area contributed by atoms with E-state index in [2.05, 4.69) is 5.32 Å². The highest BCUT2D eigenvalue weighted by molar-refractivity contribution is 6.01. The molecule has 1 aromatic carbocycles. The molecule has 1 fully saturated rings. The van der Waals surface area contributed by atoms with Crippen molar-refractivity contribution in [3.8, 4) is 5.75 Å². The Morgan fingerprint density at radius 3 is 2.60 bits per heavy atom. The van der Waals surface area contributed by atoms with Crippen LogP contribution in [-0.4, -0.2) is 35.9 Å². The van der Waals surface area contributed by atoms with E-state index in [1.54, 1.807) is 12.1 Å². The summed E-state index contributed by atoms with van der Waals surface area (Å²) in [6, 6.07) is 6.77. The molecule has 1 heterocycles. The fourth-order valence-electron chi connectivity index (χ4n) is 1.85. The van der Waals surface area contributed by atoms with Crippen LogP contribution in [0.15, 0.2) is 24.3 Å². The lowest BCUT2D eigenvalue weighted by Crippen LogP contribution is -2.32. The lowest BCUT2D eigenvalue weighted by atomic mass is 10.2. The van der Waals surface area contributed by atoms with Gasteiger partial charge in [-0.25, -0.2) is 4.79 Å². The second kappa shape index (κ2) is 6.18. The van der Waals surface area contributed by atoms with Gasteiger partial charge in [-0.1, -0.05) is 17.7 Å². The molecule has 6 nitrogen and oxygen atoms in total. The highest BCUT2D eigenvalue weighted by Crippen LogP contribution is 2.12. The van der Waals surface area contributed by atoms with E-state index in [1.807, 2.05) is 19.1 Å². The maximum absolute atomic E-state index is 11.6. The van der Waals surface area contributed by atoms with Crippen LogP contribution >= 0.6 is 0 Å². The average molecular weight is 276 g/mol. The van der Waals surface area contributed by atoms with Gasteiger partial charge in [0.05, 0.1) is 6.54 Å². The van der Waals surface area contributed by atoms with E-state index in [-0.39, 0.29) is 31.4 Å². The molecular weight excluding hydrogens is 260 g/mol. The lowest BCUT2D eigenvalue weighted by Gasteiger charge is -2.11. The Bertz CT molecular complexity index is 508. The standard InChI is InChI=1S/C14H16N2O4/c1-10-4-6-11(7-5-10)20-13(18)3-2-8-16-12(17)9-15-14(16)19/h4-7H,2-3,8-9H2,1H3,(H,15,19). The zero-order valence-corrected chi connectivity index (χ0v) is 11.2. The van der Waals surface area contributed by atoms with E-state index in [0.717, 1.165) is 10.5 Å². The molecular formula is C14H16N2O4. The number of imide groups is 1. The topological polar surface area (TPSA) is 75.7 Å². The fraction of sp³-hybridized carbons (Fsp3) is 0.357. The molecule has 6 heteroatoms. The summed E-state index contributed by atoms with van der Waals surface area (Å²) in [6.07, 6.45) is 0.550. The number of carbonyl (C=O) groups excluding carboxylic acids is 3. The largest absolute Gasteiger partial charge is 0.427 e. The first-order valence-electron chi connectivity index (χ1n) is 6.42. The van der Waals surface area contributed by atoms with E-state index >= 15 is 0 Å². The molecule has 0 atom stereocenters. The summed E-state index contributed by atoms with van der Waals surface area (Å²) in [5, 5.41) is 2.42. The third-order valence-corrected chi connectivity index (χ3v) is 2.95. The molecule has 0 saturated carbocycles. The van der Waals surface area contributed by atoms with Gasteiger partial charge in [0.2, 0.25) is 5.91 Å². The molecule has 1 aliphatic rings. The highest BCUT2D eigenvalue weighted by atomic mass is 16.5. The second-order valence-corrected chi connectivity index (χ2v) is 4.59. The third-order valence-electron chi connectivity index (χ3n) is 2.95. The Morgan fingerprint density at radius 1 is 1.30 bits per heavy atom. The van der Waals surface area contributed by atoms with Crippen LogP contribution in [0.4, 0.5) is 4.79 Å². The Kier molecular flexibility index (Phi) is 4.34. The minimum absolute atomic E-state index is 0.0344. The average Bonchev–Trinajstić information content (AvgIpc) is 2.73. The number of hydrogen-bond acceptors (Lipinski definition) is 4. The van der Waals surface area contributed by atoms with Crippen molar-refractivity contribution < 1.29 is 19.1 Å². The quantitative estimate of drug-likeness (QED) is 0.498. The van der Waals surface area contributed by atoms with Gasteiger partial charge in [-0.2, -0.15) is 0 Å². The first kappa shape index (κ1) is 14.0. The van der Waals surface area contributed by atoms with Crippen LogP contribution < -0.4 is 10.1 Å². The number of rotatable bonds is 5. The molecule has 106 valence electrons. The number of carbonyl (C=O) groups is 3. The van der Waals surface area contributed by atoms with Crippen LogP contribution in [0.3, 0.4) is 0 Å². The van der Waals surface area contributed by atoms with E-state index < -0.39 is 6.03 Å². The molecule has 0 radical (unpaired) electrons. The second-order valence-electron chi connectivity index (χ2n) is 4.59. The number of hydrogen-bond donors (Lipinski definition) is 1. The molecule has 1 aliphatic heterocycles. The van der Waals surface area contributed by atoms with Crippen LogP contribution in [0, 0.1) is 6.92 Å². The Morgan fingerprint density at radius 2 is 2.00 bits per heavy atom. The van der Waals surface area contributed by atoms with Gasteiger partial charge in [0.15, 0.2) is 0 Å². The molecule has 3 amide bonds. The molecule has 1 saturated heterocycles. The van der Waals surface area contributed by atoms with Crippen molar-refractivity contribution in [3.63, 3.8) is 0 Å². The Labute approximate surface area is 116 Å². The van der Waals surface area contributed by atoms with Crippen LogP contribution in [0.1, 0.15) is 18.4 Å². The zero-order valence-electron chi connectivity index (χ0n) is 11.2. The van der Waals surface area contributed by atoms with Crippen molar-refractivity contribution in [2.24, 2.45) is 0 Å². The number of aryl methyl sites for hydroxylation is 1. The molecule has 0 spiro atoms. The van der Waals surface area contributed by atoms with Crippen LogP contribution in [0.25, 0.3) is 0 Å². The van der Waals surface area contributed by atoms with Gasteiger partial charge < -0.3 is 10.1 Å². The predicted octanol–water partition coefficient (Wildman–Crippen LogP) is 1.23. The summed E-state index contributed by atoms with van der Waals surface area (Å²) in [5.74, 6) is -0.140. The van der Waals surface area contributed by atoms with E-state index in [4.69, 9.17) is 4.74 Å². The summed E-state index contributed by atoms with van der Waals surface area (Å²) in [7, 11) is 0. The van der Waals surface area contributed by atoms with E-state index in [9.17, 15) is 14.4 Å². The van der Waals surface area contributed by atoms with E-state index in [0.29, 0.717) is 12.2 Å². The molecule has 0 aliphatic carbocycles. The number of esters is 1. The van der Waals surface area contributed by atoms with Gasteiger partial charge in [-0.3, -0.25) is 14.5 Å². The van der Waals surface area contributed by atoms with Crippen LogP contribution in [0.2, 0.25) is 0 Å². The summed E-state index contributed by atoms with van der Waals surface area (Å²) >= 11 is 0. The number of amides is 3. The van der Waals surface area contributed by atoms with Gasteiger partial charge in [-0.05, 0) is 25.5 Å². The lowest BCUT2D eigenvalue weighted by molar-refractivity contribution is -0.135. The Hall–Kier alpha value is -2.37. The zero-order chi connectivity index (χ0) is 14.5. The van der Waals surface area contributed by atoms with Crippen molar-refractivity contribution in [3.05, 3.63) is 29.8 Å². The predicted molar refractivity (Wildman–Crippen MR) is 71.2 cm³/mol. The maximum Gasteiger partial charge on any atom is 0.324 e. The minimum Gasteiger partial charge on any atom is -0.427 e. The smallest absolute Gasteiger partial charge is 0.324 e. The number of urea groups is 1. The fourth-order valence-corrected chi connectivity index (χ4v) is 1.85. The van der Waals surface area contributed by atoms with Gasteiger partial charge in [0.25, 0.3) is 0 Å². The summed E-state index contributed by atoms with van der Waals surface area (Å²) in [6.45, 7) is 2.21. The molecule has 1 aromatic rings. The van der Waals surface area contributed by atoms with Crippen LogP contribution in [-0.2, 0) is 9.59 Å². The Balaban J connectivity index is 1.74. The molecule has 0 bridgehead atoms. The SMILES string of the molecule is Cc1ccc(OC(=O)CCCN2C(=O)CNC2=O)cc1. The van der Waals surface area contributed by atoms with E-state index in [1.165, 1.54) is 0 Å². The molecule has 0 unspecified atom stereocenters. The number of nitrogens with zero attached hydrogens (tertiary/aromatic N) is 1. The van der Waals surface area contributed by atoms with Gasteiger partial charge in [0.1, 0.15) is 5.75 Å². The monoisotopic (exact) mass is 276 g/mol. The minimum atomic E-state index is -0.401. The van der Waals surface area contributed by atoms with Crippen LogP contribution in [0.5, 0.6) is 5.75 Å². The maximum atomic E-state index is 11.6. The molecule has 2 rings (SSSR count). The van der Waals surface area contributed by atoms with Crippen molar-refractivity contribution in [1.29, 1.82) is 0 Å². The highest BCUT2D eigenvalue weighted by Gasteiger charge is 2.27. The molecule has 20 heavy (non-hydrogen) atoms.